The van der Waals surface area contributed by atoms with Crippen molar-refractivity contribution in [2.75, 3.05) is 20.1 Å². The summed E-state index contributed by atoms with van der Waals surface area (Å²) in [6.45, 7) is 2.86. The molecule has 1 aromatic heterocycles. The Bertz CT molecular complexity index is 688. The minimum Gasteiger partial charge on any atom is -0.468 e. The molecule has 4 rings (SSSR count). The fourth-order valence-corrected chi connectivity index (χ4v) is 4.50. The maximum atomic E-state index is 12.5. The molecular weight excluding hydrogens is 300 g/mol. The van der Waals surface area contributed by atoms with Crippen LogP contribution in [0.2, 0.25) is 0 Å². The maximum Gasteiger partial charge on any atom is 0.223 e. The molecule has 0 aliphatic carbocycles. The molecule has 126 valence electrons. The smallest absolute Gasteiger partial charge is 0.223 e. The first-order chi connectivity index (χ1) is 11.7. The first-order valence-electron chi connectivity index (χ1n) is 8.75. The molecule has 2 aliphatic heterocycles. The van der Waals surface area contributed by atoms with Crippen LogP contribution in [0.1, 0.15) is 36.5 Å². The van der Waals surface area contributed by atoms with Crippen LogP contribution in [0, 0.1) is 0 Å². The second-order valence-electron chi connectivity index (χ2n) is 7.08. The van der Waals surface area contributed by atoms with Crippen LogP contribution < -0.4 is 0 Å². The largest absolute Gasteiger partial charge is 0.468 e. The third-order valence-electron chi connectivity index (χ3n) is 5.95. The van der Waals surface area contributed by atoms with Gasteiger partial charge in [0.25, 0.3) is 0 Å². The van der Waals surface area contributed by atoms with Crippen molar-refractivity contribution in [1.29, 1.82) is 0 Å². The topological polar surface area (TPSA) is 36.7 Å². The van der Waals surface area contributed by atoms with Gasteiger partial charge in [-0.05, 0) is 30.5 Å². The van der Waals surface area contributed by atoms with Crippen LogP contribution in [0.5, 0.6) is 0 Å². The first-order valence-corrected chi connectivity index (χ1v) is 8.75. The Balaban J connectivity index is 1.53. The van der Waals surface area contributed by atoms with Gasteiger partial charge in [0, 0.05) is 32.5 Å². The fraction of sp³-hybridized carbons (Fsp3) is 0.450. The minimum absolute atomic E-state index is 0.0297. The average Bonchev–Trinajstić information content (AvgIpc) is 3.21. The molecule has 0 unspecified atom stereocenters. The molecule has 1 spiro atoms. The predicted molar refractivity (Wildman–Crippen MR) is 92.5 cm³/mol. The van der Waals surface area contributed by atoms with Crippen LogP contribution in [0.4, 0.5) is 0 Å². The van der Waals surface area contributed by atoms with Gasteiger partial charge < -0.3 is 9.32 Å². The summed E-state index contributed by atoms with van der Waals surface area (Å²) in [5.41, 5.74) is 1.27. The minimum atomic E-state index is -0.0297. The van der Waals surface area contributed by atoms with Crippen LogP contribution in [-0.4, -0.2) is 41.4 Å². The van der Waals surface area contributed by atoms with E-state index in [-0.39, 0.29) is 11.4 Å². The highest BCUT2D eigenvalue weighted by atomic mass is 16.3. The van der Waals surface area contributed by atoms with Gasteiger partial charge in [-0.25, -0.2) is 0 Å². The number of hydrogen-bond acceptors (Lipinski definition) is 3. The number of carbonyl (C=O) groups is 1. The summed E-state index contributed by atoms with van der Waals surface area (Å²) < 4.78 is 5.48. The summed E-state index contributed by atoms with van der Waals surface area (Å²) in [5.74, 6) is 1.60. The molecule has 0 radical (unpaired) electrons. The number of nitrogens with zero attached hydrogens (tertiary/aromatic N) is 2. The van der Waals surface area contributed by atoms with E-state index in [0.29, 0.717) is 12.3 Å². The molecule has 4 heteroatoms. The molecule has 2 aliphatic rings. The number of piperidine rings is 1. The van der Waals surface area contributed by atoms with Crippen LogP contribution in [0.25, 0.3) is 0 Å². The summed E-state index contributed by atoms with van der Waals surface area (Å²) in [7, 11) is 1.99. The normalized spacial score (nSPS) is 24.0. The van der Waals surface area contributed by atoms with Crippen LogP contribution in [0.3, 0.4) is 0 Å². The standard InChI is InChI=1S/C20H24N2O2/c1-21-19(23)14-18(16-6-3-2-4-7-16)20(21)9-11-22(12-10-20)15-17-8-5-13-24-17/h2-8,13,18H,9-12,14-15H2,1H3/t18-/m0/s1. The van der Waals surface area contributed by atoms with E-state index in [1.807, 2.05) is 30.1 Å². The molecule has 2 saturated heterocycles. The van der Waals surface area contributed by atoms with Crippen molar-refractivity contribution in [2.24, 2.45) is 0 Å². The van der Waals surface area contributed by atoms with Crippen molar-refractivity contribution >= 4 is 5.91 Å². The van der Waals surface area contributed by atoms with E-state index in [9.17, 15) is 4.79 Å². The predicted octanol–water partition coefficient (Wildman–Crippen LogP) is 3.26. The lowest BCUT2D eigenvalue weighted by Gasteiger charge is -2.46. The zero-order valence-electron chi connectivity index (χ0n) is 14.1. The average molecular weight is 324 g/mol. The Kier molecular flexibility index (Phi) is 3.93. The van der Waals surface area contributed by atoms with Crippen molar-refractivity contribution in [2.45, 2.75) is 37.3 Å². The van der Waals surface area contributed by atoms with Crippen molar-refractivity contribution in [3.8, 4) is 0 Å². The molecular formula is C20H24N2O2. The lowest BCUT2D eigenvalue weighted by molar-refractivity contribution is -0.130. The third kappa shape index (κ3) is 2.55. The number of rotatable bonds is 3. The Morgan fingerprint density at radius 2 is 1.88 bits per heavy atom. The number of furan rings is 1. The van der Waals surface area contributed by atoms with Gasteiger partial charge >= 0.3 is 0 Å². The maximum absolute atomic E-state index is 12.5. The van der Waals surface area contributed by atoms with E-state index in [1.165, 1.54) is 5.56 Å². The fourth-order valence-electron chi connectivity index (χ4n) is 4.50. The molecule has 0 N–H and O–H groups in total. The van der Waals surface area contributed by atoms with Gasteiger partial charge in [-0.1, -0.05) is 30.3 Å². The Labute approximate surface area is 143 Å². The Morgan fingerprint density at radius 3 is 2.54 bits per heavy atom. The Hall–Kier alpha value is -2.07. The molecule has 3 heterocycles. The molecule has 24 heavy (non-hydrogen) atoms. The molecule has 1 aromatic carbocycles. The summed E-state index contributed by atoms with van der Waals surface area (Å²) in [6, 6.07) is 14.5. The van der Waals surface area contributed by atoms with Crippen molar-refractivity contribution in [1.82, 2.24) is 9.80 Å². The lowest BCUT2D eigenvalue weighted by atomic mass is 9.74. The van der Waals surface area contributed by atoms with Crippen molar-refractivity contribution in [3.05, 3.63) is 60.1 Å². The van der Waals surface area contributed by atoms with E-state index in [2.05, 4.69) is 29.2 Å². The second-order valence-corrected chi connectivity index (χ2v) is 7.08. The summed E-state index contributed by atoms with van der Waals surface area (Å²) in [4.78, 5) is 16.9. The van der Waals surface area contributed by atoms with Crippen LogP contribution >= 0.6 is 0 Å². The number of carbonyl (C=O) groups excluding carboxylic acids is 1. The number of amides is 1. The lowest BCUT2D eigenvalue weighted by Crippen LogP contribution is -2.53. The number of likely N-dealkylation sites (tertiary alicyclic amines) is 2. The molecule has 4 nitrogen and oxygen atoms in total. The first kappa shape index (κ1) is 15.5. The molecule has 2 fully saturated rings. The SMILES string of the molecule is CN1C(=O)C[C@@H](c2ccccc2)C12CCN(Cc1ccco1)CC2. The molecule has 0 saturated carbocycles. The number of hydrogen-bond donors (Lipinski definition) is 0. The zero-order valence-corrected chi connectivity index (χ0v) is 14.1. The van der Waals surface area contributed by atoms with E-state index in [0.717, 1.165) is 38.2 Å². The van der Waals surface area contributed by atoms with Gasteiger partial charge in [-0.15, -0.1) is 0 Å². The van der Waals surface area contributed by atoms with E-state index < -0.39 is 0 Å². The quantitative estimate of drug-likeness (QED) is 0.869. The second kappa shape index (κ2) is 6.10. The van der Waals surface area contributed by atoms with E-state index in [1.54, 1.807) is 6.26 Å². The summed E-state index contributed by atoms with van der Waals surface area (Å²) in [6.07, 6.45) is 4.42. The Morgan fingerprint density at radius 1 is 1.12 bits per heavy atom. The summed E-state index contributed by atoms with van der Waals surface area (Å²) >= 11 is 0. The molecule has 0 bridgehead atoms. The van der Waals surface area contributed by atoms with Gasteiger partial charge in [-0.3, -0.25) is 9.69 Å². The van der Waals surface area contributed by atoms with E-state index in [4.69, 9.17) is 4.42 Å². The van der Waals surface area contributed by atoms with Crippen LogP contribution in [-0.2, 0) is 11.3 Å². The zero-order chi connectivity index (χ0) is 16.6. The highest BCUT2D eigenvalue weighted by Crippen LogP contribution is 2.48. The number of likely N-dealkylation sites (N-methyl/N-ethyl adjacent to an activating group) is 1. The number of benzene rings is 1. The van der Waals surface area contributed by atoms with Gasteiger partial charge in [0.2, 0.25) is 5.91 Å². The molecule has 2 aromatic rings. The van der Waals surface area contributed by atoms with Crippen molar-refractivity contribution in [3.63, 3.8) is 0 Å². The highest BCUT2D eigenvalue weighted by Gasteiger charge is 2.52. The van der Waals surface area contributed by atoms with E-state index >= 15 is 0 Å². The molecule has 1 amide bonds. The van der Waals surface area contributed by atoms with Gasteiger partial charge in [0.15, 0.2) is 0 Å². The summed E-state index contributed by atoms with van der Waals surface area (Å²) in [5, 5.41) is 0. The highest BCUT2D eigenvalue weighted by molar-refractivity contribution is 5.81. The van der Waals surface area contributed by atoms with Crippen molar-refractivity contribution < 1.29 is 9.21 Å². The van der Waals surface area contributed by atoms with Gasteiger partial charge in [0.1, 0.15) is 5.76 Å². The van der Waals surface area contributed by atoms with Crippen LogP contribution in [0.15, 0.2) is 53.1 Å². The molecule has 1 atom stereocenters. The van der Waals surface area contributed by atoms with Gasteiger partial charge in [-0.2, -0.15) is 0 Å². The van der Waals surface area contributed by atoms with Gasteiger partial charge in [0.05, 0.1) is 18.3 Å². The third-order valence-corrected chi connectivity index (χ3v) is 5.95. The monoisotopic (exact) mass is 324 g/mol.